The van der Waals surface area contributed by atoms with E-state index >= 15 is 0 Å². The molecule has 1 aromatic carbocycles. The minimum atomic E-state index is -0.936. The van der Waals surface area contributed by atoms with Gasteiger partial charge in [-0.3, -0.25) is 14.4 Å². The zero-order chi connectivity index (χ0) is 16.5. The fourth-order valence-electron chi connectivity index (χ4n) is 1.96. The van der Waals surface area contributed by atoms with Crippen molar-refractivity contribution in [3.05, 3.63) is 35.9 Å². The normalized spacial score (nSPS) is 10.1. The lowest BCUT2D eigenvalue weighted by molar-refractivity contribution is -0.138. The Balaban J connectivity index is 2.49. The van der Waals surface area contributed by atoms with Gasteiger partial charge in [-0.05, 0) is 5.56 Å². The monoisotopic (exact) mass is 306 g/mol. The van der Waals surface area contributed by atoms with Gasteiger partial charge in [-0.1, -0.05) is 30.3 Å². The lowest BCUT2D eigenvalue weighted by Crippen LogP contribution is -2.35. The molecular formula is C16H22N2O4. The van der Waals surface area contributed by atoms with E-state index in [1.807, 2.05) is 30.3 Å². The number of nitrogens with zero attached hydrogens (tertiary/aromatic N) is 2. The summed E-state index contributed by atoms with van der Waals surface area (Å²) in [5, 5.41) is 8.61. The summed E-state index contributed by atoms with van der Waals surface area (Å²) in [6.07, 6.45) is 0.102. The van der Waals surface area contributed by atoms with Gasteiger partial charge in [-0.2, -0.15) is 0 Å². The number of hydrogen-bond acceptors (Lipinski definition) is 3. The molecule has 0 radical (unpaired) electrons. The SMILES string of the molecule is CC(=O)N(CCC(=O)N(C)CCC(=O)O)Cc1ccccc1. The Bertz CT molecular complexity index is 516. The van der Waals surface area contributed by atoms with Gasteiger partial charge in [0.15, 0.2) is 0 Å². The summed E-state index contributed by atoms with van der Waals surface area (Å²) in [4.78, 5) is 37.1. The molecule has 1 N–H and O–H groups in total. The minimum absolute atomic E-state index is 0.0807. The molecule has 0 fully saturated rings. The van der Waals surface area contributed by atoms with E-state index in [1.165, 1.54) is 11.8 Å². The van der Waals surface area contributed by atoms with Crippen LogP contribution in [0.2, 0.25) is 0 Å². The van der Waals surface area contributed by atoms with Gasteiger partial charge in [0, 0.05) is 40.0 Å². The summed E-state index contributed by atoms with van der Waals surface area (Å²) in [7, 11) is 1.57. The van der Waals surface area contributed by atoms with Gasteiger partial charge in [0.05, 0.1) is 6.42 Å². The van der Waals surface area contributed by atoms with Crippen molar-refractivity contribution in [1.82, 2.24) is 9.80 Å². The number of carbonyl (C=O) groups is 3. The summed E-state index contributed by atoms with van der Waals surface area (Å²) >= 11 is 0. The second-order valence-electron chi connectivity index (χ2n) is 5.14. The Morgan fingerprint density at radius 1 is 1.05 bits per heavy atom. The Kier molecular flexibility index (Phi) is 7.08. The van der Waals surface area contributed by atoms with E-state index in [2.05, 4.69) is 0 Å². The van der Waals surface area contributed by atoms with Crippen LogP contribution in [0.15, 0.2) is 30.3 Å². The molecule has 0 aliphatic rings. The molecule has 0 aliphatic carbocycles. The number of carboxylic acids is 1. The highest BCUT2D eigenvalue weighted by Gasteiger charge is 2.14. The Hall–Kier alpha value is -2.37. The number of benzene rings is 1. The third-order valence-corrected chi connectivity index (χ3v) is 3.34. The van der Waals surface area contributed by atoms with Gasteiger partial charge in [0.1, 0.15) is 0 Å². The first-order chi connectivity index (χ1) is 10.4. The van der Waals surface area contributed by atoms with Crippen LogP contribution >= 0.6 is 0 Å². The van der Waals surface area contributed by atoms with Crippen molar-refractivity contribution in [2.45, 2.75) is 26.3 Å². The van der Waals surface area contributed by atoms with Crippen molar-refractivity contribution >= 4 is 17.8 Å². The number of carboxylic acid groups (broad SMARTS) is 1. The van der Waals surface area contributed by atoms with E-state index in [1.54, 1.807) is 11.9 Å². The summed E-state index contributed by atoms with van der Waals surface area (Å²) in [6, 6.07) is 9.56. The Labute approximate surface area is 130 Å². The van der Waals surface area contributed by atoms with E-state index in [0.29, 0.717) is 13.1 Å². The van der Waals surface area contributed by atoms with E-state index in [-0.39, 0.29) is 31.2 Å². The lowest BCUT2D eigenvalue weighted by atomic mass is 10.2. The number of rotatable bonds is 8. The fraction of sp³-hybridized carbons (Fsp3) is 0.438. The molecule has 1 rings (SSSR count). The molecule has 0 atom stereocenters. The molecule has 0 aromatic heterocycles. The molecule has 6 nitrogen and oxygen atoms in total. The molecule has 22 heavy (non-hydrogen) atoms. The standard InChI is InChI=1S/C16H22N2O4/c1-13(19)18(12-14-6-4-3-5-7-14)11-8-15(20)17(2)10-9-16(21)22/h3-7H,8-12H2,1-2H3,(H,21,22). The first kappa shape index (κ1) is 17.7. The zero-order valence-electron chi connectivity index (χ0n) is 13.0. The second-order valence-corrected chi connectivity index (χ2v) is 5.14. The third kappa shape index (κ3) is 6.39. The molecule has 0 aliphatic heterocycles. The van der Waals surface area contributed by atoms with E-state index < -0.39 is 5.97 Å². The maximum Gasteiger partial charge on any atom is 0.305 e. The van der Waals surface area contributed by atoms with Crippen molar-refractivity contribution in [3.63, 3.8) is 0 Å². The van der Waals surface area contributed by atoms with E-state index in [0.717, 1.165) is 5.56 Å². The maximum absolute atomic E-state index is 11.9. The molecule has 120 valence electrons. The summed E-state index contributed by atoms with van der Waals surface area (Å²) in [5.41, 5.74) is 1.00. The van der Waals surface area contributed by atoms with Crippen molar-refractivity contribution in [3.8, 4) is 0 Å². The van der Waals surface area contributed by atoms with E-state index in [9.17, 15) is 14.4 Å². The molecule has 0 saturated carbocycles. The van der Waals surface area contributed by atoms with Crippen LogP contribution in [0.5, 0.6) is 0 Å². The molecule has 0 bridgehead atoms. The first-order valence-corrected chi connectivity index (χ1v) is 7.15. The average molecular weight is 306 g/mol. The number of hydrogen-bond donors (Lipinski definition) is 1. The van der Waals surface area contributed by atoms with Crippen LogP contribution < -0.4 is 0 Å². The molecule has 0 saturated heterocycles. The van der Waals surface area contributed by atoms with Crippen molar-refractivity contribution in [1.29, 1.82) is 0 Å². The smallest absolute Gasteiger partial charge is 0.305 e. The highest BCUT2D eigenvalue weighted by molar-refractivity contribution is 5.78. The minimum Gasteiger partial charge on any atom is -0.481 e. The summed E-state index contributed by atoms with van der Waals surface area (Å²) in [6.45, 7) is 2.43. The third-order valence-electron chi connectivity index (χ3n) is 3.34. The largest absolute Gasteiger partial charge is 0.481 e. The predicted molar refractivity (Wildman–Crippen MR) is 82.0 cm³/mol. The number of amides is 2. The van der Waals surface area contributed by atoms with Gasteiger partial charge < -0.3 is 14.9 Å². The lowest BCUT2D eigenvalue weighted by Gasteiger charge is -2.23. The quantitative estimate of drug-likeness (QED) is 0.786. The fourth-order valence-corrected chi connectivity index (χ4v) is 1.96. The summed E-state index contributed by atoms with van der Waals surface area (Å²) < 4.78 is 0. The van der Waals surface area contributed by atoms with Crippen LogP contribution in [-0.2, 0) is 20.9 Å². The van der Waals surface area contributed by atoms with Crippen LogP contribution in [0, 0.1) is 0 Å². The predicted octanol–water partition coefficient (Wildman–Crippen LogP) is 1.36. The van der Waals surface area contributed by atoms with Gasteiger partial charge >= 0.3 is 5.97 Å². The molecule has 1 aromatic rings. The molecule has 0 unspecified atom stereocenters. The average Bonchev–Trinajstić information content (AvgIpc) is 2.49. The highest BCUT2D eigenvalue weighted by atomic mass is 16.4. The number of aliphatic carboxylic acids is 1. The topological polar surface area (TPSA) is 77.9 Å². The van der Waals surface area contributed by atoms with Crippen LogP contribution in [0.4, 0.5) is 0 Å². The Morgan fingerprint density at radius 2 is 1.68 bits per heavy atom. The van der Waals surface area contributed by atoms with E-state index in [4.69, 9.17) is 5.11 Å². The van der Waals surface area contributed by atoms with Gasteiger partial charge in [-0.15, -0.1) is 0 Å². The van der Waals surface area contributed by atoms with Crippen molar-refractivity contribution in [2.75, 3.05) is 20.1 Å². The van der Waals surface area contributed by atoms with Crippen molar-refractivity contribution < 1.29 is 19.5 Å². The van der Waals surface area contributed by atoms with Crippen molar-refractivity contribution in [2.24, 2.45) is 0 Å². The zero-order valence-corrected chi connectivity index (χ0v) is 13.0. The molecule has 0 spiro atoms. The molecule has 6 heteroatoms. The molecule has 2 amide bonds. The van der Waals surface area contributed by atoms with Gasteiger partial charge in [0.2, 0.25) is 11.8 Å². The van der Waals surface area contributed by atoms with Crippen LogP contribution in [0.1, 0.15) is 25.3 Å². The molecular weight excluding hydrogens is 284 g/mol. The van der Waals surface area contributed by atoms with Gasteiger partial charge in [-0.25, -0.2) is 0 Å². The summed E-state index contributed by atoms with van der Waals surface area (Å²) in [5.74, 6) is -1.19. The Morgan fingerprint density at radius 3 is 2.23 bits per heavy atom. The first-order valence-electron chi connectivity index (χ1n) is 7.15. The maximum atomic E-state index is 11.9. The highest BCUT2D eigenvalue weighted by Crippen LogP contribution is 2.06. The second kappa shape index (κ2) is 8.81. The van der Waals surface area contributed by atoms with Crippen LogP contribution in [-0.4, -0.2) is 52.8 Å². The van der Waals surface area contributed by atoms with Crippen LogP contribution in [0.25, 0.3) is 0 Å². The van der Waals surface area contributed by atoms with Gasteiger partial charge in [0.25, 0.3) is 0 Å². The van der Waals surface area contributed by atoms with Crippen LogP contribution in [0.3, 0.4) is 0 Å². The number of carbonyl (C=O) groups excluding carboxylic acids is 2. The molecule has 0 heterocycles.